The molecule has 0 aliphatic carbocycles. The number of benzene rings is 2. The van der Waals surface area contributed by atoms with Gasteiger partial charge in [0.15, 0.2) is 5.65 Å². The predicted molar refractivity (Wildman–Crippen MR) is 94.0 cm³/mol. The Hall–Kier alpha value is -2.80. The van der Waals surface area contributed by atoms with Crippen LogP contribution in [0.2, 0.25) is 0 Å². The molecule has 0 aliphatic heterocycles. The third kappa shape index (κ3) is 2.74. The second-order valence-electron chi connectivity index (χ2n) is 5.12. The summed E-state index contributed by atoms with van der Waals surface area (Å²) in [5, 5.41) is 8.40. The van der Waals surface area contributed by atoms with Gasteiger partial charge in [-0.1, -0.05) is 15.9 Å². The maximum absolute atomic E-state index is 13.1. The SMILES string of the molecule is Fc1ccc(-n2ncc3c(Nc4ccc(Br)cc4)ncnc32)cc1. The van der Waals surface area contributed by atoms with Crippen LogP contribution in [-0.4, -0.2) is 19.7 Å². The van der Waals surface area contributed by atoms with E-state index in [1.165, 1.54) is 18.5 Å². The van der Waals surface area contributed by atoms with Gasteiger partial charge in [-0.15, -0.1) is 0 Å². The van der Waals surface area contributed by atoms with Crippen molar-refractivity contribution in [3.05, 3.63) is 71.3 Å². The van der Waals surface area contributed by atoms with Gasteiger partial charge in [0.25, 0.3) is 0 Å². The van der Waals surface area contributed by atoms with Crippen LogP contribution in [0, 0.1) is 5.82 Å². The molecule has 0 aliphatic rings. The molecule has 2 aromatic carbocycles. The van der Waals surface area contributed by atoms with E-state index in [2.05, 4.69) is 36.3 Å². The minimum Gasteiger partial charge on any atom is -0.340 e. The summed E-state index contributed by atoms with van der Waals surface area (Å²) in [5.41, 5.74) is 2.30. The Bertz CT molecular complexity index is 996. The summed E-state index contributed by atoms with van der Waals surface area (Å²) < 4.78 is 15.8. The number of hydrogen-bond donors (Lipinski definition) is 1. The molecule has 0 bridgehead atoms. The first-order chi connectivity index (χ1) is 11.7. The highest BCUT2D eigenvalue weighted by Gasteiger charge is 2.11. The van der Waals surface area contributed by atoms with E-state index in [9.17, 15) is 4.39 Å². The van der Waals surface area contributed by atoms with Crippen LogP contribution in [0.15, 0.2) is 65.5 Å². The van der Waals surface area contributed by atoms with E-state index in [1.54, 1.807) is 23.0 Å². The molecule has 4 aromatic rings. The topological polar surface area (TPSA) is 55.6 Å². The molecule has 118 valence electrons. The van der Waals surface area contributed by atoms with Gasteiger partial charge in [0.2, 0.25) is 0 Å². The molecule has 4 rings (SSSR count). The number of halogens is 2. The first-order valence-corrected chi connectivity index (χ1v) is 7.97. The number of rotatable bonds is 3. The second-order valence-corrected chi connectivity index (χ2v) is 6.04. The lowest BCUT2D eigenvalue weighted by Gasteiger charge is -2.07. The highest BCUT2D eigenvalue weighted by atomic mass is 79.9. The van der Waals surface area contributed by atoms with Crippen LogP contribution in [-0.2, 0) is 0 Å². The molecule has 7 heteroatoms. The summed E-state index contributed by atoms with van der Waals surface area (Å²) in [5.74, 6) is 0.373. The first-order valence-electron chi connectivity index (χ1n) is 7.18. The maximum Gasteiger partial charge on any atom is 0.168 e. The van der Waals surface area contributed by atoms with Crippen LogP contribution in [0.5, 0.6) is 0 Å². The first kappa shape index (κ1) is 14.8. The van der Waals surface area contributed by atoms with E-state index in [0.29, 0.717) is 11.5 Å². The lowest BCUT2D eigenvalue weighted by atomic mass is 10.3. The molecule has 5 nitrogen and oxygen atoms in total. The van der Waals surface area contributed by atoms with E-state index in [-0.39, 0.29) is 5.82 Å². The van der Waals surface area contributed by atoms with Crippen LogP contribution in [0.1, 0.15) is 0 Å². The smallest absolute Gasteiger partial charge is 0.168 e. The Morgan fingerprint density at radius 2 is 1.71 bits per heavy atom. The average Bonchev–Trinajstić information content (AvgIpc) is 3.03. The highest BCUT2D eigenvalue weighted by molar-refractivity contribution is 9.10. The summed E-state index contributed by atoms with van der Waals surface area (Å²) in [6.07, 6.45) is 3.17. The van der Waals surface area contributed by atoms with Gasteiger partial charge in [0.05, 0.1) is 17.3 Å². The Balaban J connectivity index is 1.76. The Labute approximate surface area is 145 Å². The molecule has 0 amide bonds. The van der Waals surface area contributed by atoms with Crippen LogP contribution >= 0.6 is 15.9 Å². The lowest BCUT2D eigenvalue weighted by Crippen LogP contribution is -1.99. The summed E-state index contributed by atoms with van der Waals surface area (Å²) in [6.45, 7) is 0. The van der Waals surface area contributed by atoms with E-state index in [0.717, 1.165) is 21.2 Å². The third-order valence-electron chi connectivity index (χ3n) is 3.54. The van der Waals surface area contributed by atoms with Gasteiger partial charge in [-0.2, -0.15) is 5.10 Å². The number of nitrogens with one attached hydrogen (secondary N) is 1. The number of fused-ring (bicyclic) bond motifs is 1. The van der Waals surface area contributed by atoms with Crippen molar-refractivity contribution in [2.75, 3.05) is 5.32 Å². The summed E-state index contributed by atoms with van der Waals surface area (Å²) >= 11 is 3.41. The molecule has 0 saturated heterocycles. The normalized spacial score (nSPS) is 10.9. The molecule has 0 atom stereocenters. The molecule has 2 aromatic heterocycles. The third-order valence-corrected chi connectivity index (χ3v) is 4.07. The molecule has 0 radical (unpaired) electrons. The van der Waals surface area contributed by atoms with Crippen LogP contribution in [0.25, 0.3) is 16.7 Å². The molecule has 0 spiro atoms. The van der Waals surface area contributed by atoms with Crippen molar-refractivity contribution >= 4 is 38.5 Å². The van der Waals surface area contributed by atoms with Gasteiger partial charge in [-0.05, 0) is 48.5 Å². The lowest BCUT2D eigenvalue weighted by molar-refractivity contribution is 0.627. The van der Waals surface area contributed by atoms with Crippen molar-refractivity contribution in [1.82, 2.24) is 19.7 Å². The van der Waals surface area contributed by atoms with Crippen LogP contribution < -0.4 is 5.32 Å². The average molecular weight is 384 g/mol. The maximum atomic E-state index is 13.1. The van der Waals surface area contributed by atoms with E-state index >= 15 is 0 Å². The van der Waals surface area contributed by atoms with Crippen LogP contribution in [0.4, 0.5) is 15.9 Å². The fourth-order valence-corrected chi connectivity index (χ4v) is 2.65. The van der Waals surface area contributed by atoms with Crippen LogP contribution in [0.3, 0.4) is 0 Å². The molecular formula is C17H11BrFN5. The van der Waals surface area contributed by atoms with Gasteiger partial charge < -0.3 is 5.32 Å². The standard InChI is InChI=1S/C17H11BrFN5/c18-11-1-5-13(6-2-11)23-16-15-9-22-24(17(15)21-10-20-16)14-7-3-12(19)4-8-14/h1-10H,(H,20,21,23). The Kier molecular flexibility index (Phi) is 3.70. The number of anilines is 2. The van der Waals surface area contributed by atoms with Gasteiger partial charge in [-0.25, -0.2) is 19.0 Å². The fourth-order valence-electron chi connectivity index (χ4n) is 2.38. The molecular weight excluding hydrogens is 373 g/mol. The minimum absolute atomic E-state index is 0.289. The summed E-state index contributed by atoms with van der Waals surface area (Å²) in [4.78, 5) is 8.60. The molecule has 0 fully saturated rings. The van der Waals surface area contributed by atoms with Gasteiger partial charge >= 0.3 is 0 Å². The Morgan fingerprint density at radius 1 is 0.958 bits per heavy atom. The summed E-state index contributed by atoms with van der Waals surface area (Å²) in [7, 11) is 0. The molecule has 0 saturated carbocycles. The van der Waals surface area contributed by atoms with Gasteiger partial charge in [0.1, 0.15) is 18.0 Å². The molecule has 1 N–H and O–H groups in total. The van der Waals surface area contributed by atoms with Crippen molar-refractivity contribution in [2.45, 2.75) is 0 Å². The van der Waals surface area contributed by atoms with Crippen molar-refractivity contribution in [2.24, 2.45) is 0 Å². The van der Waals surface area contributed by atoms with E-state index in [4.69, 9.17) is 0 Å². The van der Waals surface area contributed by atoms with Crippen molar-refractivity contribution in [3.8, 4) is 5.69 Å². The van der Waals surface area contributed by atoms with Crippen molar-refractivity contribution < 1.29 is 4.39 Å². The van der Waals surface area contributed by atoms with Gasteiger partial charge in [0, 0.05) is 10.2 Å². The molecule has 24 heavy (non-hydrogen) atoms. The van der Waals surface area contributed by atoms with E-state index < -0.39 is 0 Å². The number of nitrogens with zero attached hydrogens (tertiary/aromatic N) is 4. The minimum atomic E-state index is -0.289. The van der Waals surface area contributed by atoms with Crippen molar-refractivity contribution in [1.29, 1.82) is 0 Å². The largest absolute Gasteiger partial charge is 0.340 e. The zero-order valence-corrected chi connectivity index (χ0v) is 13.9. The quantitative estimate of drug-likeness (QED) is 0.567. The Morgan fingerprint density at radius 3 is 2.46 bits per heavy atom. The van der Waals surface area contributed by atoms with Crippen molar-refractivity contribution in [3.63, 3.8) is 0 Å². The summed E-state index contributed by atoms with van der Waals surface area (Å²) in [6, 6.07) is 13.9. The molecule has 0 unspecified atom stereocenters. The second kappa shape index (κ2) is 6.01. The number of hydrogen-bond acceptors (Lipinski definition) is 4. The zero-order chi connectivity index (χ0) is 16.5. The van der Waals surface area contributed by atoms with E-state index in [1.807, 2.05) is 24.3 Å². The zero-order valence-electron chi connectivity index (χ0n) is 12.3. The van der Waals surface area contributed by atoms with Gasteiger partial charge in [-0.3, -0.25) is 0 Å². The monoisotopic (exact) mass is 383 g/mol. The molecule has 2 heterocycles. The fraction of sp³-hybridized carbons (Fsp3) is 0. The predicted octanol–water partition coefficient (Wildman–Crippen LogP) is 4.46. The number of aromatic nitrogens is 4. The highest BCUT2D eigenvalue weighted by Crippen LogP contribution is 2.25.